The lowest BCUT2D eigenvalue weighted by Gasteiger charge is -2.30. The summed E-state index contributed by atoms with van der Waals surface area (Å²) in [6, 6.07) is 23.4. The van der Waals surface area contributed by atoms with Crippen molar-refractivity contribution >= 4 is 34.8 Å². The molecule has 0 saturated carbocycles. The zero-order valence-electron chi connectivity index (χ0n) is 13.3. The highest BCUT2D eigenvalue weighted by Gasteiger charge is 2.26. The van der Waals surface area contributed by atoms with Gasteiger partial charge in [0.25, 0.3) is 5.91 Å². The van der Waals surface area contributed by atoms with Gasteiger partial charge in [-0.3, -0.25) is 10.2 Å². The lowest BCUT2D eigenvalue weighted by atomic mass is 10.1. The van der Waals surface area contributed by atoms with Crippen LogP contribution >= 0.6 is 11.3 Å². The minimum absolute atomic E-state index is 0.225. The fraction of sp³-hybridized carbons (Fsp3) is 0. The highest BCUT2D eigenvalue weighted by Crippen LogP contribution is 2.22. The first-order valence-electron chi connectivity index (χ1n) is 7.87. The number of nitrogens with one attached hydrogen (secondary N) is 1. The first-order chi connectivity index (χ1) is 12.3. The third-order valence-corrected chi connectivity index (χ3v) is 4.57. The maximum Gasteiger partial charge on any atom is 0.288 e. The van der Waals surface area contributed by atoms with Crippen LogP contribution in [0.25, 0.3) is 6.08 Å². The molecule has 0 bridgehead atoms. The molecule has 1 aromatic heterocycles. The number of amidine groups is 1. The van der Waals surface area contributed by atoms with Crippen molar-refractivity contribution in [3.63, 3.8) is 0 Å². The van der Waals surface area contributed by atoms with E-state index in [1.165, 1.54) is 0 Å². The SMILES string of the molecule is O=C1NN(c2ccccc2)C(c2ccccc2)=N/C1=C\c1cccs1. The van der Waals surface area contributed by atoms with Gasteiger partial charge in [0.1, 0.15) is 5.70 Å². The second-order valence-corrected chi connectivity index (χ2v) is 6.44. The van der Waals surface area contributed by atoms with Gasteiger partial charge >= 0.3 is 0 Å². The van der Waals surface area contributed by atoms with Gasteiger partial charge in [-0.15, -0.1) is 11.3 Å². The summed E-state index contributed by atoms with van der Waals surface area (Å²) in [5, 5.41) is 3.70. The summed E-state index contributed by atoms with van der Waals surface area (Å²) in [7, 11) is 0. The van der Waals surface area contributed by atoms with Crippen molar-refractivity contribution in [1.82, 2.24) is 5.43 Å². The van der Waals surface area contributed by atoms with Crippen LogP contribution in [-0.4, -0.2) is 11.7 Å². The van der Waals surface area contributed by atoms with Gasteiger partial charge in [0.2, 0.25) is 0 Å². The molecule has 0 saturated heterocycles. The number of hydrogen-bond donors (Lipinski definition) is 1. The predicted octanol–water partition coefficient (Wildman–Crippen LogP) is 4.09. The van der Waals surface area contributed by atoms with Gasteiger partial charge in [0.05, 0.1) is 5.69 Å². The van der Waals surface area contributed by atoms with Crippen LogP contribution in [0.5, 0.6) is 0 Å². The van der Waals surface area contributed by atoms with Gasteiger partial charge in [-0.2, -0.15) is 0 Å². The minimum Gasteiger partial charge on any atom is -0.266 e. The molecule has 2 heterocycles. The van der Waals surface area contributed by atoms with Crippen molar-refractivity contribution in [2.24, 2.45) is 4.99 Å². The number of hydrazine groups is 1. The van der Waals surface area contributed by atoms with Crippen LogP contribution in [0, 0.1) is 0 Å². The van der Waals surface area contributed by atoms with Gasteiger partial charge in [0, 0.05) is 10.4 Å². The molecule has 1 aliphatic rings. The van der Waals surface area contributed by atoms with E-state index in [9.17, 15) is 4.79 Å². The Labute approximate surface area is 149 Å². The lowest BCUT2D eigenvalue weighted by Crippen LogP contribution is -2.50. The van der Waals surface area contributed by atoms with Crippen LogP contribution in [0.3, 0.4) is 0 Å². The number of thiophene rings is 1. The number of nitrogens with zero attached hydrogens (tertiary/aromatic N) is 2. The zero-order valence-corrected chi connectivity index (χ0v) is 14.1. The highest BCUT2D eigenvalue weighted by molar-refractivity contribution is 7.10. The predicted molar refractivity (Wildman–Crippen MR) is 102 cm³/mol. The highest BCUT2D eigenvalue weighted by atomic mass is 32.1. The number of amides is 1. The van der Waals surface area contributed by atoms with Crippen LogP contribution in [0.1, 0.15) is 10.4 Å². The fourth-order valence-corrected chi connectivity index (χ4v) is 3.23. The van der Waals surface area contributed by atoms with Crippen LogP contribution in [-0.2, 0) is 4.79 Å². The van der Waals surface area contributed by atoms with E-state index < -0.39 is 0 Å². The Morgan fingerprint density at radius 3 is 2.32 bits per heavy atom. The Bertz CT molecular complexity index is 932. The standard InChI is InChI=1S/C20H15N3OS/c24-20-18(14-17-12-7-13-25-17)21-19(15-8-3-1-4-9-15)23(22-20)16-10-5-2-6-11-16/h1-14H,(H,22,24)/b18-14-. The molecule has 0 unspecified atom stereocenters. The molecule has 0 aliphatic carbocycles. The first-order valence-corrected chi connectivity index (χ1v) is 8.75. The Morgan fingerprint density at radius 1 is 0.920 bits per heavy atom. The summed E-state index contributed by atoms with van der Waals surface area (Å²) < 4.78 is 0. The molecule has 4 nitrogen and oxygen atoms in total. The Balaban J connectivity index is 1.83. The summed E-state index contributed by atoms with van der Waals surface area (Å²) in [6.07, 6.45) is 1.81. The lowest BCUT2D eigenvalue weighted by molar-refractivity contribution is -0.117. The molecule has 4 rings (SSSR count). The third-order valence-electron chi connectivity index (χ3n) is 3.75. The van der Waals surface area contributed by atoms with E-state index >= 15 is 0 Å². The van der Waals surface area contributed by atoms with Gasteiger partial charge in [-0.05, 0) is 29.7 Å². The number of rotatable bonds is 3. The van der Waals surface area contributed by atoms with Crippen LogP contribution in [0.2, 0.25) is 0 Å². The molecule has 0 spiro atoms. The number of anilines is 1. The largest absolute Gasteiger partial charge is 0.288 e. The number of carbonyl (C=O) groups excluding carboxylic acids is 1. The van der Waals surface area contributed by atoms with Gasteiger partial charge < -0.3 is 0 Å². The molecular weight excluding hydrogens is 330 g/mol. The van der Waals surface area contributed by atoms with Crippen molar-refractivity contribution in [2.45, 2.75) is 0 Å². The maximum absolute atomic E-state index is 12.6. The van der Waals surface area contributed by atoms with Gasteiger partial charge in [0.15, 0.2) is 5.84 Å². The molecule has 1 N–H and O–H groups in total. The van der Waals surface area contributed by atoms with Gasteiger partial charge in [-0.1, -0.05) is 54.6 Å². The Kier molecular flexibility index (Phi) is 4.14. The van der Waals surface area contributed by atoms with Crippen molar-refractivity contribution < 1.29 is 4.79 Å². The smallest absolute Gasteiger partial charge is 0.266 e. The normalized spacial score (nSPS) is 15.8. The molecule has 5 heteroatoms. The molecule has 0 fully saturated rings. The average molecular weight is 345 g/mol. The number of hydrogen-bond acceptors (Lipinski definition) is 4. The molecule has 122 valence electrons. The number of benzene rings is 2. The monoisotopic (exact) mass is 345 g/mol. The van der Waals surface area contributed by atoms with E-state index in [1.54, 1.807) is 16.3 Å². The zero-order chi connectivity index (χ0) is 17.1. The second-order valence-electron chi connectivity index (χ2n) is 5.46. The van der Waals surface area contributed by atoms with Gasteiger partial charge in [-0.25, -0.2) is 10.0 Å². The molecule has 0 atom stereocenters. The first kappa shape index (κ1) is 15.4. The summed E-state index contributed by atoms with van der Waals surface area (Å²) in [5.74, 6) is 0.464. The molecule has 1 aliphatic heterocycles. The molecular formula is C20H15N3OS. The van der Waals surface area contributed by atoms with E-state index in [1.807, 2.05) is 84.3 Å². The van der Waals surface area contributed by atoms with Crippen molar-refractivity contribution in [2.75, 3.05) is 5.01 Å². The third kappa shape index (κ3) is 3.22. The van der Waals surface area contributed by atoms with E-state index in [-0.39, 0.29) is 5.91 Å². The van der Waals surface area contributed by atoms with E-state index in [0.29, 0.717) is 11.5 Å². The minimum atomic E-state index is -0.225. The van der Waals surface area contributed by atoms with Crippen molar-refractivity contribution in [1.29, 1.82) is 0 Å². The Hall–Kier alpha value is -3.18. The number of aliphatic imine (C=N–C) groups is 1. The van der Waals surface area contributed by atoms with E-state index in [2.05, 4.69) is 10.4 Å². The summed E-state index contributed by atoms with van der Waals surface area (Å²) in [6.45, 7) is 0. The molecule has 3 aromatic rings. The average Bonchev–Trinajstić information content (AvgIpc) is 3.18. The molecule has 2 aromatic carbocycles. The van der Waals surface area contributed by atoms with Crippen LogP contribution < -0.4 is 10.4 Å². The summed E-state index contributed by atoms with van der Waals surface area (Å²) in [4.78, 5) is 18.2. The maximum atomic E-state index is 12.6. The van der Waals surface area contributed by atoms with Crippen molar-refractivity contribution in [3.05, 3.63) is 94.3 Å². The number of carbonyl (C=O) groups is 1. The summed E-state index contributed by atoms with van der Waals surface area (Å²) >= 11 is 1.57. The van der Waals surface area contributed by atoms with Crippen LogP contribution in [0.4, 0.5) is 5.69 Å². The topological polar surface area (TPSA) is 44.7 Å². The van der Waals surface area contributed by atoms with E-state index in [0.717, 1.165) is 16.1 Å². The fourth-order valence-electron chi connectivity index (χ4n) is 2.58. The van der Waals surface area contributed by atoms with Crippen molar-refractivity contribution in [3.8, 4) is 0 Å². The molecule has 25 heavy (non-hydrogen) atoms. The second kappa shape index (κ2) is 6.75. The molecule has 1 amide bonds. The van der Waals surface area contributed by atoms with E-state index in [4.69, 9.17) is 0 Å². The summed E-state index contributed by atoms with van der Waals surface area (Å²) in [5.41, 5.74) is 5.13. The number of para-hydroxylation sites is 1. The molecule has 0 radical (unpaired) electrons. The Morgan fingerprint density at radius 2 is 1.64 bits per heavy atom. The van der Waals surface area contributed by atoms with Crippen LogP contribution in [0.15, 0.2) is 88.9 Å². The quantitative estimate of drug-likeness (QED) is 0.727.